The third-order valence-corrected chi connectivity index (χ3v) is 7.02. The smallest absolute Gasteiger partial charge is 0.159 e. The van der Waals surface area contributed by atoms with Crippen molar-refractivity contribution in [2.75, 3.05) is 13.2 Å². The van der Waals surface area contributed by atoms with Crippen LogP contribution in [0.4, 0.5) is 4.39 Å². The van der Waals surface area contributed by atoms with Gasteiger partial charge in [-0.2, -0.15) is 0 Å². The molecule has 212 valence electrons. The molecule has 1 aromatic heterocycles. The highest BCUT2D eigenvalue weighted by Crippen LogP contribution is 2.24. The van der Waals surface area contributed by atoms with E-state index in [1.165, 1.54) is 51.4 Å². The fraction of sp³-hybridized carbons (Fsp3) is 0.529. The lowest BCUT2D eigenvalue weighted by Crippen LogP contribution is -2.12. The summed E-state index contributed by atoms with van der Waals surface area (Å²) in [5.41, 5.74) is 2.91. The summed E-state index contributed by atoms with van der Waals surface area (Å²) in [4.78, 5) is 9.11. The Morgan fingerprint density at radius 3 is 1.72 bits per heavy atom. The summed E-state index contributed by atoms with van der Waals surface area (Å²) >= 11 is 0. The summed E-state index contributed by atoms with van der Waals surface area (Å²) < 4.78 is 25.5. The predicted octanol–water partition coefficient (Wildman–Crippen LogP) is 10.0. The van der Waals surface area contributed by atoms with E-state index in [0.29, 0.717) is 18.0 Å². The number of alkyl halides is 1. The van der Waals surface area contributed by atoms with Crippen LogP contribution < -0.4 is 9.47 Å². The van der Waals surface area contributed by atoms with Crippen molar-refractivity contribution < 1.29 is 13.9 Å². The summed E-state index contributed by atoms with van der Waals surface area (Å²) in [5, 5.41) is 0. The quantitative estimate of drug-likeness (QED) is 0.135. The molecule has 0 amide bonds. The number of benzene rings is 2. The molecule has 0 fully saturated rings. The van der Waals surface area contributed by atoms with Crippen LogP contribution in [-0.2, 0) is 0 Å². The van der Waals surface area contributed by atoms with Gasteiger partial charge in [0.2, 0.25) is 0 Å². The van der Waals surface area contributed by atoms with E-state index in [0.717, 1.165) is 54.7 Å². The van der Waals surface area contributed by atoms with Crippen molar-refractivity contribution in [3.05, 3.63) is 60.9 Å². The summed E-state index contributed by atoms with van der Waals surface area (Å²) in [7, 11) is 0. The number of unbranched alkanes of at least 4 members (excludes halogenated alkanes) is 10. The van der Waals surface area contributed by atoms with E-state index < -0.39 is 6.17 Å². The van der Waals surface area contributed by atoms with E-state index in [9.17, 15) is 4.39 Å². The number of hydrogen-bond donors (Lipinski definition) is 0. The zero-order valence-electron chi connectivity index (χ0n) is 24.0. The SMILES string of the molecule is CCCCCCCCCCCOc1ccc(-c2cnc(-c3ccc(OCC(F)CCCCC)cc3)nc2)cc1. The van der Waals surface area contributed by atoms with Crippen molar-refractivity contribution >= 4 is 0 Å². The van der Waals surface area contributed by atoms with Crippen molar-refractivity contribution in [2.24, 2.45) is 0 Å². The van der Waals surface area contributed by atoms with Crippen molar-refractivity contribution in [3.8, 4) is 34.0 Å². The van der Waals surface area contributed by atoms with Crippen LogP contribution in [0.5, 0.6) is 11.5 Å². The van der Waals surface area contributed by atoms with Gasteiger partial charge in [-0.05, 0) is 54.8 Å². The van der Waals surface area contributed by atoms with Crippen molar-refractivity contribution in [2.45, 2.75) is 103 Å². The second-order valence-electron chi connectivity index (χ2n) is 10.4. The molecule has 1 heterocycles. The van der Waals surface area contributed by atoms with E-state index >= 15 is 0 Å². The van der Waals surface area contributed by atoms with Crippen LogP contribution in [0.1, 0.15) is 97.3 Å². The van der Waals surface area contributed by atoms with Gasteiger partial charge in [-0.1, -0.05) is 96.6 Å². The lowest BCUT2D eigenvalue weighted by atomic mass is 10.1. The average molecular weight is 535 g/mol. The first-order chi connectivity index (χ1) is 19.2. The Kier molecular flexibility index (Phi) is 14.4. The molecule has 2 aromatic carbocycles. The highest BCUT2D eigenvalue weighted by molar-refractivity contribution is 5.64. The van der Waals surface area contributed by atoms with Crippen LogP contribution in [0.2, 0.25) is 0 Å². The Hall–Kier alpha value is -2.95. The molecule has 0 saturated carbocycles. The number of hydrogen-bond acceptors (Lipinski definition) is 4. The summed E-state index contributed by atoms with van der Waals surface area (Å²) in [6.07, 6.45) is 18.2. The topological polar surface area (TPSA) is 44.2 Å². The lowest BCUT2D eigenvalue weighted by molar-refractivity contribution is 0.184. The normalized spacial score (nSPS) is 11.9. The largest absolute Gasteiger partial charge is 0.494 e. The molecular weight excluding hydrogens is 487 g/mol. The van der Waals surface area contributed by atoms with Gasteiger partial charge in [0.25, 0.3) is 0 Å². The van der Waals surface area contributed by atoms with Gasteiger partial charge >= 0.3 is 0 Å². The van der Waals surface area contributed by atoms with E-state index in [1.807, 2.05) is 48.8 Å². The summed E-state index contributed by atoms with van der Waals surface area (Å²) in [5.74, 6) is 2.21. The second-order valence-corrected chi connectivity index (χ2v) is 10.4. The predicted molar refractivity (Wildman–Crippen MR) is 160 cm³/mol. The Balaban J connectivity index is 1.38. The summed E-state index contributed by atoms with van der Waals surface area (Å²) in [6.45, 7) is 5.25. The zero-order valence-corrected chi connectivity index (χ0v) is 24.0. The van der Waals surface area contributed by atoms with E-state index in [1.54, 1.807) is 0 Å². The van der Waals surface area contributed by atoms with Gasteiger partial charge < -0.3 is 9.47 Å². The van der Waals surface area contributed by atoms with Crippen molar-refractivity contribution in [3.63, 3.8) is 0 Å². The molecule has 0 spiro atoms. The van der Waals surface area contributed by atoms with Gasteiger partial charge in [-0.15, -0.1) is 0 Å². The first-order valence-electron chi connectivity index (χ1n) is 15.1. The molecule has 5 heteroatoms. The number of ether oxygens (including phenoxy) is 2. The molecule has 0 saturated heterocycles. The van der Waals surface area contributed by atoms with Crippen LogP contribution in [0.25, 0.3) is 22.5 Å². The maximum absolute atomic E-state index is 13.9. The van der Waals surface area contributed by atoms with E-state index in [4.69, 9.17) is 9.47 Å². The number of nitrogens with zero attached hydrogens (tertiary/aromatic N) is 2. The Morgan fingerprint density at radius 2 is 1.10 bits per heavy atom. The van der Waals surface area contributed by atoms with Crippen LogP contribution in [0, 0.1) is 0 Å². The van der Waals surface area contributed by atoms with Gasteiger partial charge in [0.1, 0.15) is 24.3 Å². The molecule has 0 radical (unpaired) electrons. The number of aromatic nitrogens is 2. The van der Waals surface area contributed by atoms with E-state index in [-0.39, 0.29) is 6.61 Å². The molecule has 4 nitrogen and oxygen atoms in total. The molecule has 1 unspecified atom stereocenters. The van der Waals surface area contributed by atoms with Crippen LogP contribution in [0.3, 0.4) is 0 Å². The molecule has 0 aliphatic heterocycles. The number of halogens is 1. The minimum Gasteiger partial charge on any atom is -0.494 e. The van der Waals surface area contributed by atoms with Crippen LogP contribution in [-0.4, -0.2) is 29.4 Å². The van der Waals surface area contributed by atoms with Crippen molar-refractivity contribution in [1.82, 2.24) is 9.97 Å². The fourth-order valence-corrected chi connectivity index (χ4v) is 4.56. The van der Waals surface area contributed by atoms with Gasteiger partial charge in [-0.25, -0.2) is 14.4 Å². The third-order valence-electron chi connectivity index (χ3n) is 7.02. The van der Waals surface area contributed by atoms with Gasteiger partial charge in [0.05, 0.1) is 6.61 Å². The highest BCUT2D eigenvalue weighted by atomic mass is 19.1. The zero-order chi connectivity index (χ0) is 27.5. The number of rotatable bonds is 20. The van der Waals surface area contributed by atoms with Gasteiger partial charge in [0.15, 0.2) is 5.82 Å². The lowest BCUT2D eigenvalue weighted by Gasteiger charge is -2.11. The molecule has 0 aliphatic carbocycles. The third kappa shape index (κ3) is 11.8. The minimum absolute atomic E-state index is 0.0946. The first-order valence-corrected chi connectivity index (χ1v) is 15.1. The average Bonchev–Trinajstić information content (AvgIpc) is 2.98. The Labute approximate surface area is 235 Å². The first kappa shape index (κ1) is 30.6. The standard InChI is InChI=1S/C34H47FN2O2/c1-3-5-7-8-9-10-11-12-14-24-38-32-20-16-28(17-21-32)30-25-36-34(37-26-30)29-18-22-33(23-19-29)39-27-31(35)15-13-6-4-2/h16-23,25-26,31H,3-15,24,27H2,1-2H3. The van der Waals surface area contributed by atoms with Crippen molar-refractivity contribution in [1.29, 1.82) is 0 Å². The van der Waals surface area contributed by atoms with Gasteiger partial charge in [0, 0.05) is 23.5 Å². The molecule has 39 heavy (non-hydrogen) atoms. The molecule has 3 aromatic rings. The van der Waals surface area contributed by atoms with Crippen LogP contribution >= 0.6 is 0 Å². The maximum Gasteiger partial charge on any atom is 0.159 e. The minimum atomic E-state index is -0.924. The molecule has 0 N–H and O–H groups in total. The second kappa shape index (κ2) is 18.4. The monoisotopic (exact) mass is 534 g/mol. The molecule has 1 atom stereocenters. The van der Waals surface area contributed by atoms with Crippen LogP contribution in [0.15, 0.2) is 60.9 Å². The Bertz CT molecular complexity index is 1020. The van der Waals surface area contributed by atoms with E-state index in [2.05, 4.69) is 35.9 Å². The highest BCUT2D eigenvalue weighted by Gasteiger charge is 2.08. The molecule has 0 aliphatic rings. The molecule has 3 rings (SSSR count). The Morgan fingerprint density at radius 1 is 0.590 bits per heavy atom. The molecule has 0 bridgehead atoms. The fourth-order valence-electron chi connectivity index (χ4n) is 4.56. The van der Waals surface area contributed by atoms with Gasteiger partial charge in [-0.3, -0.25) is 0 Å². The molecular formula is C34H47FN2O2. The maximum atomic E-state index is 13.9. The summed E-state index contributed by atoms with van der Waals surface area (Å²) in [6, 6.07) is 15.6.